The van der Waals surface area contributed by atoms with Crippen molar-refractivity contribution in [1.29, 1.82) is 5.26 Å². The highest BCUT2D eigenvalue weighted by Crippen LogP contribution is 2.49. The van der Waals surface area contributed by atoms with E-state index in [0.717, 1.165) is 42.1 Å². The van der Waals surface area contributed by atoms with E-state index in [1.807, 2.05) is 18.2 Å². The third kappa shape index (κ3) is 3.25. The Hall–Kier alpha value is -1.05. The minimum absolute atomic E-state index is 0.525. The van der Waals surface area contributed by atoms with Crippen LogP contribution in [0.4, 0.5) is 0 Å². The fourth-order valence-electron chi connectivity index (χ4n) is 3.34. The molecule has 0 heterocycles. The topological polar surface area (TPSA) is 53.2 Å². The third-order valence-corrected chi connectivity index (χ3v) is 5.43. The van der Waals surface area contributed by atoms with Crippen molar-refractivity contribution >= 4 is 15.9 Å². The van der Waals surface area contributed by atoms with Gasteiger partial charge in [-0.2, -0.15) is 5.26 Å². The van der Waals surface area contributed by atoms with Crippen molar-refractivity contribution in [2.24, 2.45) is 11.3 Å². The Morgan fingerprint density at radius 2 is 2.33 bits per heavy atom. The molecule has 1 aromatic rings. The van der Waals surface area contributed by atoms with E-state index in [0.29, 0.717) is 11.7 Å². The number of rotatable bonds is 4. The number of nitrogens with zero attached hydrogens (tertiary/aromatic N) is 1. The molecule has 1 N–H and O–H groups in total. The van der Waals surface area contributed by atoms with E-state index in [9.17, 15) is 10.4 Å². The summed E-state index contributed by atoms with van der Waals surface area (Å²) >= 11 is 3.49. The van der Waals surface area contributed by atoms with Crippen LogP contribution < -0.4 is 4.74 Å². The van der Waals surface area contributed by atoms with Gasteiger partial charge in [0.25, 0.3) is 0 Å². The molecule has 2 rings (SSSR count). The summed E-state index contributed by atoms with van der Waals surface area (Å²) in [6.07, 6.45) is 3.96. The predicted molar refractivity (Wildman–Crippen MR) is 85.9 cm³/mol. The second-order valence-electron chi connectivity index (χ2n) is 5.93. The van der Waals surface area contributed by atoms with Gasteiger partial charge in [0, 0.05) is 4.47 Å². The molecule has 21 heavy (non-hydrogen) atoms. The zero-order valence-electron chi connectivity index (χ0n) is 12.6. The van der Waals surface area contributed by atoms with Crippen molar-refractivity contribution in [1.82, 2.24) is 0 Å². The van der Waals surface area contributed by atoms with Gasteiger partial charge in [-0.15, -0.1) is 0 Å². The summed E-state index contributed by atoms with van der Waals surface area (Å²) in [5.41, 5.74) is 0.0565. The van der Waals surface area contributed by atoms with E-state index in [2.05, 4.69) is 28.9 Å². The normalized spacial score (nSPS) is 26.9. The first-order chi connectivity index (χ1) is 10.1. The Morgan fingerprint density at radius 3 is 2.95 bits per heavy atom. The Balaban J connectivity index is 2.36. The van der Waals surface area contributed by atoms with Crippen LogP contribution >= 0.6 is 15.9 Å². The number of halogens is 1. The lowest BCUT2D eigenvalue weighted by Gasteiger charge is -2.39. The number of benzene rings is 1. The van der Waals surface area contributed by atoms with Crippen LogP contribution in [0.25, 0.3) is 0 Å². The molecule has 0 aromatic heterocycles. The number of ether oxygens (including phenoxy) is 1. The maximum Gasteiger partial charge on any atom is 0.119 e. The summed E-state index contributed by atoms with van der Waals surface area (Å²) in [5, 5.41) is 20.6. The first kappa shape index (κ1) is 16.3. The van der Waals surface area contributed by atoms with Crippen LogP contribution in [0.5, 0.6) is 5.75 Å². The van der Waals surface area contributed by atoms with Crippen molar-refractivity contribution in [3.63, 3.8) is 0 Å². The van der Waals surface area contributed by atoms with Gasteiger partial charge in [0.15, 0.2) is 0 Å². The van der Waals surface area contributed by atoms with Gasteiger partial charge in [0.1, 0.15) is 5.75 Å². The number of nitriles is 1. The minimum Gasteiger partial charge on any atom is -0.497 e. The Bertz CT molecular complexity index is 540. The minimum atomic E-state index is -0.790. The molecular weight excluding hydrogens is 330 g/mol. The van der Waals surface area contributed by atoms with Gasteiger partial charge < -0.3 is 9.84 Å². The van der Waals surface area contributed by atoms with Gasteiger partial charge in [0.05, 0.1) is 24.7 Å². The number of hydrogen-bond acceptors (Lipinski definition) is 3. The lowest BCUT2D eigenvalue weighted by Crippen LogP contribution is -2.33. The molecule has 0 spiro atoms. The highest BCUT2D eigenvalue weighted by atomic mass is 79.9. The van der Waals surface area contributed by atoms with Crippen LogP contribution in [0.15, 0.2) is 22.7 Å². The molecule has 3 nitrogen and oxygen atoms in total. The Morgan fingerprint density at radius 1 is 1.57 bits per heavy atom. The Labute approximate surface area is 135 Å². The third-order valence-electron chi connectivity index (χ3n) is 4.71. The zero-order valence-corrected chi connectivity index (χ0v) is 14.2. The van der Waals surface area contributed by atoms with Gasteiger partial charge >= 0.3 is 0 Å². The molecule has 3 atom stereocenters. The standard InChI is InChI=1S/C17H22BrNO2/c1-3-12-5-4-8-17(10-12,11-19)16(20)14-9-13(21-2)6-7-15(14)18/h6-7,9,12,16,20H,3-5,8,10H2,1-2H3. The summed E-state index contributed by atoms with van der Waals surface area (Å²) in [6, 6.07) is 7.96. The SMILES string of the molecule is CCC1CCCC(C#N)(C(O)c2cc(OC)ccc2Br)C1. The molecule has 1 aliphatic rings. The highest BCUT2D eigenvalue weighted by molar-refractivity contribution is 9.10. The number of hydrogen-bond donors (Lipinski definition) is 1. The largest absolute Gasteiger partial charge is 0.497 e. The summed E-state index contributed by atoms with van der Waals surface area (Å²) in [5.74, 6) is 1.22. The summed E-state index contributed by atoms with van der Waals surface area (Å²) in [7, 11) is 1.60. The van der Waals surface area contributed by atoms with E-state index >= 15 is 0 Å². The molecular formula is C17H22BrNO2. The van der Waals surface area contributed by atoms with Gasteiger partial charge in [-0.1, -0.05) is 42.1 Å². The first-order valence-corrected chi connectivity index (χ1v) is 8.28. The number of aliphatic hydroxyl groups excluding tert-OH is 1. The van der Waals surface area contributed by atoms with E-state index in [1.165, 1.54) is 0 Å². The average molecular weight is 352 g/mol. The monoisotopic (exact) mass is 351 g/mol. The fourth-order valence-corrected chi connectivity index (χ4v) is 3.80. The van der Waals surface area contributed by atoms with Crippen molar-refractivity contribution in [3.8, 4) is 11.8 Å². The van der Waals surface area contributed by atoms with Crippen LogP contribution in [-0.2, 0) is 0 Å². The molecule has 0 amide bonds. The van der Waals surface area contributed by atoms with Gasteiger partial charge in [-0.05, 0) is 42.5 Å². The summed E-state index contributed by atoms with van der Waals surface area (Å²) in [4.78, 5) is 0. The van der Waals surface area contributed by atoms with Crippen LogP contribution in [0.3, 0.4) is 0 Å². The molecule has 0 aliphatic heterocycles. The molecule has 1 saturated carbocycles. The smallest absolute Gasteiger partial charge is 0.119 e. The first-order valence-electron chi connectivity index (χ1n) is 7.49. The van der Waals surface area contributed by atoms with Gasteiger partial charge in [-0.25, -0.2) is 0 Å². The van der Waals surface area contributed by atoms with Gasteiger partial charge in [-0.3, -0.25) is 0 Å². The highest BCUT2D eigenvalue weighted by Gasteiger charge is 2.43. The maximum atomic E-state index is 10.9. The van der Waals surface area contributed by atoms with E-state index in [4.69, 9.17) is 4.74 Å². The maximum absolute atomic E-state index is 10.9. The van der Waals surface area contributed by atoms with Gasteiger partial charge in [0.2, 0.25) is 0 Å². The Kier molecular flexibility index (Phi) is 5.29. The molecule has 3 unspecified atom stereocenters. The lowest BCUT2D eigenvalue weighted by atomic mass is 9.65. The molecule has 0 saturated heterocycles. The van der Waals surface area contributed by atoms with E-state index < -0.39 is 11.5 Å². The second-order valence-corrected chi connectivity index (χ2v) is 6.78. The van der Waals surface area contributed by atoms with E-state index in [1.54, 1.807) is 7.11 Å². The number of methoxy groups -OCH3 is 1. The average Bonchev–Trinajstić information content (AvgIpc) is 2.54. The van der Waals surface area contributed by atoms with Crippen molar-refractivity contribution in [3.05, 3.63) is 28.2 Å². The van der Waals surface area contributed by atoms with Crippen molar-refractivity contribution < 1.29 is 9.84 Å². The molecule has 1 aromatic carbocycles. The second kappa shape index (κ2) is 6.81. The van der Waals surface area contributed by atoms with Crippen LogP contribution in [-0.4, -0.2) is 12.2 Å². The summed E-state index contributed by atoms with van der Waals surface area (Å²) < 4.78 is 6.06. The lowest BCUT2D eigenvalue weighted by molar-refractivity contribution is 0.0179. The zero-order chi connectivity index (χ0) is 15.5. The molecule has 0 bridgehead atoms. The van der Waals surface area contributed by atoms with Crippen LogP contribution in [0, 0.1) is 22.7 Å². The molecule has 1 aliphatic carbocycles. The molecule has 4 heteroatoms. The van der Waals surface area contributed by atoms with E-state index in [-0.39, 0.29) is 0 Å². The molecule has 0 radical (unpaired) electrons. The van der Waals surface area contributed by atoms with Crippen LogP contribution in [0.1, 0.15) is 50.7 Å². The quantitative estimate of drug-likeness (QED) is 0.862. The predicted octanol–water partition coefficient (Wildman–Crippen LogP) is 4.60. The van der Waals surface area contributed by atoms with Crippen molar-refractivity contribution in [2.75, 3.05) is 7.11 Å². The molecule has 1 fully saturated rings. The summed E-state index contributed by atoms with van der Waals surface area (Å²) in [6.45, 7) is 2.16. The number of aliphatic hydroxyl groups is 1. The van der Waals surface area contributed by atoms with Crippen molar-refractivity contribution in [2.45, 2.75) is 45.1 Å². The fraction of sp³-hybridized carbons (Fsp3) is 0.588. The van der Waals surface area contributed by atoms with Crippen LogP contribution in [0.2, 0.25) is 0 Å². The molecule has 114 valence electrons.